The summed E-state index contributed by atoms with van der Waals surface area (Å²) in [7, 11) is 0. The van der Waals surface area contributed by atoms with E-state index in [2.05, 4.69) is 30.4 Å². The topological polar surface area (TPSA) is 139 Å². The lowest BCUT2D eigenvalue weighted by Gasteiger charge is -2.37. The van der Waals surface area contributed by atoms with Gasteiger partial charge in [0, 0.05) is 60.9 Å². The highest BCUT2D eigenvalue weighted by molar-refractivity contribution is 7.80. The summed E-state index contributed by atoms with van der Waals surface area (Å²) >= 11 is 4.87. The second-order valence-electron chi connectivity index (χ2n) is 13.2. The van der Waals surface area contributed by atoms with Gasteiger partial charge in [-0.3, -0.25) is 15.2 Å². The SMILES string of the molecule is CC(C)N1C(=O)N(c2ccc(N3CCN(c4ccc(OC[C@H]5OC[C@](Cn6cncn6)(c6ccc(F)cc6F)O5)cc4)CC3)cc2)C/C1=N\NC(N)=S. The summed E-state index contributed by atoms with van der Waals surface area (Å²) in [5.74, 6) is -0.224. The number of benzene rings is 3. The average Bonchev–Trinajstić information content (AvgIpc) is 3.90. The Balaban J connectivity index is 0.915. The summed E-state index contributed by atoms with van der Waals surface area (Å²) in [6.07, 6.45) is 2.08. The van der Waals surface area contributed by atoms with Crippen molar-refractivity contribution in [2.45, 2.75) is 38.3 Å². The van der Waals surface area contributed by atoms with Crippen LogP contribution < -0.4 is 30.6 Å². The number of amides is 2. The van der Waals surface area contributed by atoms with Crippen LogP contribution in [0, 0.1) is 11.6 Å². The van der Waals surface area contributed by atoms with Crippen molar-refractivity contribution >= 4 is 46.3 Å². The molecule has 2 atom stereocenters. The Morgan fingerprint density at radius 1 is 1.04 bits per heavy atom. The number of urea groups is 1. The fourth-order valence-corrected chi connectivity index (χ4v) is 6.86. The van der Waals surface area contributed by atoms with Crippen LogP contribution in [0.1, 0.15) is 19.4 Å². The van der Waals surface area contributed by atoms with Gasteiger partial charge in [0.05, 0.1) is 19.7 Å². The predicted octanol–water partition coefficient (Wildman–Crippen LogP) is 4.03. The van der Waals surface area contributed by atoms with E-state index < -0.39 is 23.5 Å². The number of anilines is 3. The third kappa shape index (κ3) is 7.86. The summed E-state index contributed by atoms with van der Waals surface area (Å²) in [6, 6.07) is 19.0. The van der Waals surface area contributed by atoms with Crippen LogP contribution in [0.2, 0.25) is 0 Å². The second kappa shape index (κ2) is 15.3. The average molecular weight is 747 g/mol. The third-order valence-electron chi connectivity index (χ3n) is 9.39. The maximum absolute atomic E-state index is 14.9. The lowest BCUT2D eigenvalue weighted by atomic mass is 9.94. The molecule has 3 fully saturated rings. The molecule has 0 radical (unpaired) electrons. The van der Waals surface area contributed by atoms with Gasteiger partial charge in [-0.25, -0.2) is 23.2 Å². The maximum atomic E-state index is 14.9. The highest BCUT2D eigenvalue weighted by Crippen LogP contribution is 2.37. The monoisotopic (exact) mass is 746 g/mol. The predicted molar refractivity (Wildman–Crippen MR) is 199 cm³/mol. The van der Waals surface area contributed by atoms with Gasteiger partial charge in [-0.15, -0.1) is 0 Å². The number of carbonyl (C=O) groups excluding carboxylic acids is 1. The summed E-state index contributed by atoms with van der Waals surface area (Å²) in [5.41, 5.74) is 10.00. The number of halogens is 2. The molecule has 1 aromatic heterocycles. The van der Waals surface area contributed by atoms with E-state index >= 15 is 0 Å². The molecule has 0 aliphatic carbocycles. The van der Waals surface area contributed by atoms with Crippen molar-refractivity contribution in [3.05, 3.63) is 96.6 Å². The molecule has 53 heavy (non-hydrogen) atoms. The second-order valence-corrected chi connectivity index (χ2v) is 13.6. The van der Waals surface area contributed by atoms with Gasteiger partial charge in [0.15, 0.2) is 17.2 Å². The number of nitrogens with one attached hydrogen (secondary N) is 1. The molecule has 17 heteroatoms. The van der Waals surface area contributed by atoms with Crippen LogP contribution >= 0.6 is 12.2 Å². The normalized spacial score (nSPS) is 21.3. The number of thiocarbonyl (C=S) groups is 1. The van der Waals surface area contributed by atoms with Gasteiger partial charge in [0.1, 0.15) is 42.2 Å². The van der Waals surface area contributed by atoms with Gasteiger partial charge in [0.25, 0.3) is 0 Å². The molecule has 14 nitrogen and oxygen atoms in total. The summed E-state index contributed by atoms with van der Waals surface area (Å²) in [5, 5.41) is 8.41. The Morgan fingerprint density at radius 3 is 2.30 bits per heavy atom. The molecule has 3 aliphatic heterocycles. The van der Waals surface area contributed by atoms with Crippen LogP contribution in [0.3, 0.4) is 0 Å². The van der Waals surface area contributed by atoms with E-state index in [4.69, 9.17) is 32.2 Å². The fourth-order valence-electron chi connectivity index (χ4n) is 6.81. The quantitative estimate of drug-likeness (QED) is 0.170. The van der Waals surface area contributed by atoms with Crippen LogP contribution in [0.5, 0.6) is 5.75 Å². The van der Waals surface area contributed by atoms with E-state index in [9.17, 15) is 13.6 Å². The van der Waals surface area contributed by atoms with E-state index in [-0.39, 0.29) is 42.5 Å². The van der Waals surface area contributed by atoms with Gasteiger partial charge >= 0.3 is 6.03 Å². The van der Waals surface area contributed by atoms with Crippen molar-refractivity contribution in [1.82, 2.24) is 25.1 Å². The van der Waals surface area contributed by atoms with E-state index in [1.807, 2.05) is 62.4 Å². The van der Waals surface area contributed by atoms with E-state index in [0.29, 0.717) is 18.1 Å². The highest BCUT2D eigenvalue weighted by Gasteiger charge is 2.46. The molecular formula is C36H40F2N10O4S. The molecule has 3 aliphatic rings. The van der Waals surface area contributed by atoms with Gasteiger partial charge in [0.2, 0.25) is 0 Å². The van der Waals surface area contributed by atoms with Crippen LogP contribution in [-0.2, 0) is 21.6 Å². The highest BCUT2D eigenvalue weighted by atomic mass is 32.1. The molecule has 0 bridgehead atoms. The first kappa shape index (κ1) is 36.0. The molecule has 7 rings (SSSR count). The zero-order chi connectivity index (χ0) is 37.1. The van der Waals surface area contributed by atoms with Crippen LogP contribution in [0.25, 0.3) is 0 Å². The molecule has 3 saturated heterocycles. The standard InChI is InChI=1S/C36H40F2N10O4S/c1-24(2)48-32(42-43-34(39)53)18-47(35(48)49)28-6-4-26(5-7-28)44-13-15-45(16-14-44)27-8-10-29(11-9-27)50-19-33-51-21-36(52-33,20-46-23-40-22-41-46)30-12-3-25(37)17-31(30)38/h3-12,17,22-24,33H,13-16,18-21H2,1-2H3,(H3,39,43,53)/b42-32+/t33-,36+/m0/s1. The Hall–Kier alpha value is -5.39. The number of hydrogen-bond donors (Lipinski definition) is 2. The number of hydrogen-bond acceptors (Lipinski definition) is 10. The van der Waals surface area contributed by atoms with Crippen LogP contribution in [0.4, 0.5) is 30.6 Å². The van der Waals surface area contributed by atoms with E-state index in [1.165, 1.54) is 29.5 Å². The molecule has 0 saturated carbocycles. The number of piperazine rings is 1. The minimum Gasteiger partial charge on any atom is -0.488 e. The van der Waals surface area contributed by atoms with Crippen LogP contribution in [0.15, 0.2) is 84.5 Å². The van der Waals surface area contributed by atoms with Crippen molar-refractivity contribution in [3.63, 3.8) is 0 Å². The number of ether oxygens (including phenoxy) is 3. The zero-order valence-corrected chi connectivity index (χ0v) is 30.1. The lowest BCUT2D eigenvalue weighted by Crippen LogP contribution is -2.46. The third-order valence-corrected chi connectivity index (χ3v) is 9.48. The Morgan fingerprint density at radius 2 is 1.70 bits per heavy atom. The summed E-state index contributed by atoms with van der Waals surface area (Å²) in [4.78, 5) is 25.2. The molecule has 3 N–H and O–H groups in total. The fraction of sp³-hybridized carbons (Fsp3) is 0.361. The first-order chi connectivity index (χ1) is 25.6. The van der Waals surface area contributed by atoms with E-state index in [1.54, 1.807) is 9.80 Å². The van der Waals surface area contributed by atoms with Crippen molar-refractivity contribution in [2.24, 2.45) is 10.8 Å². The minimum atomic E-state index is -1.24. The van der Waals surface area contributed by atoms with Gasteiger partial charge < -0.3 is 29.7 Å². The number of aromatic nitrogens is 3. The van der Waals surface area contributed by atoms with Gasteiger partial charge in [-0.05, 0) is 80.7 Å². The Kier molecular flexibility index (Phi) is 10.4. The Bertz CT molecular complexity index is 1940. The Labute approximate surface area is 310 Å². The number of amidine groups is 1. The van der Waals surface area contributed by atoms with Crippen LogP contribution in [-0.4, -0.2) is 94.9 Å². The summed E-state index contributed by atoms with van der Waals surface area (Å²) < 4.78 is 48.3. The number of nitrogens with two attached hydrogens (primary N) is 1. The molecule has 278 valence electrons. The van der Waals surface area contributed by atoms with E-state index in [0.717, 1.165) is 49.3 Å². The number of carbonyl (C=O) groups is 1. The van der Waals surface area contributed by atoms with Crippen molar-refractivity contribution in [3.8, 4) is 5.75 Å². The molecule has 0 spiro atoms. The maximum Gasteiger partial charge on any atom is 0.330 e. The minimum absolute atomic E-state index is 0.0211. The van der Waals surface area contributed by atoms with Gasteiger partial charge in [-0.1, -0.05) is 6.07 Å². The molecule has 0 unspecified atom stereocenters. The molecule has 2 amide bonds. The van der Waals surface area contributed by atoms with Crippen molar-refractivity contribution in [2.75, 3.05) is 60.6 Å². The first-order valence-electron chi connectivity index (χ1n) is 17.2. The molecule has 4 heterocycles. The number of rotatable bonds is 11. The molecule has 4 aromatic rings. The smallest absolute Gasteiger partial charge is 0.330 e. The number of nitrogens with zero attached hydrogens (tertiary/aromatic N) is 8. The zero-order valence-electron chi connectivity index (χ0n) is 29.3. The van der Waals surface area contributed by atoms with Crippen molar-refractivity contribution in [1.29, 1.82) is 0 Å². The first-order valence-corrected chi connectivity index (χ1v) is 17.6. The molecular weight excluding hydrogens is 707 g/mol. The number of hydrazone groups is 1. The molecule has 3 aromatic carbocycles. The van der Waals surface area contributed by atoms with Gasteiger partial charge in [-0.2, -0.15) is 10.2 Å². The lowest BCUT2D eigenvalue weighted by molar-refractivity contribution is -0.117. The largest absolute Gasteiger partial charge is 0.488 e. The van der Waals surface area contributed by atoms with Crippen molar-refractivity contribution < 1.29 is 27.8 Å². The summed E-state index contributed by atoms with van der Waals surface area (Å²) in [6.45, 7) is 7.67.